The minimum Gasteiger partial charge on any atom is -0.317 e. The smallest absolute Gasteiger partial charge is 0.317 e. The molecule has 3 aromatic rings. The number of aromatic nitrogens is 2. The van der Waals surface area contributed by atoms with Crippen LogP contribution in [-0.2, 0) is 0 Å². The number of imidazole rings is 1. The van der Waals surface area contributed by atoms with Gasteiger partial charge in [0.15, 0.2) is 5.78 Å². The summed E-state index contributed by atoms with van der Waals surface area (Å²) in [5, 5.41) is 0. The number of piperidine rings is 1. The predicted molar refractivity (Wildman–Crippen MR) is 160 cm³/mol. The van der Waals surface area contributed by atoms with Gasteiger partial charge in [-0.25, -0.2) is 9.78 Å². The van der Waals surface area contributed by atoms with Crippen LogP contribution in [0.25, 0.3) is 5.65 Å². The first-order valence-corrected chi connectivity index (χ1v) is 14.9. The summed E-state index contributed by atoms with van der Waals surface area (Å²) >= 11 is 0. The zero-order valence-electron chi connectivity index (χ0n) is 25.1. The topological polar surface area (TPSA) is 61.2 Å². The van der Waals surface area contributed by atoms with Crippen molar-refractivity contribution in [1.82, 2.24) is 24.1 Å². The molecular weight excluding hydrogens is 498 g/mol. The highest BCUT2D eigenvalue weighted by Crippen LogP contribution is 2.38. The van der Waals surface area contributed by atoms with Gasteiger partial charge in [-0.2, -0.15) is 0 Å². The number of carbonyl (C=O) groups excluding carboxylic acids is 2. The first kappa shape index (κ1) is 28.3. The maximum absolute atomic E-state index is 13.7. The van der Waals surface area contributed by atoms with Gasteiger partial charge < -0.3 is 19.1 Å². The van der Waals surface area contributed by atoms with Crippen molar-refractivity contribution in [3.05, 3.63) is 71.2 Å². The Morgan fingerprint density at radius 3 is 2.48 bits per heavy atom. The third-order valence-electron chi connectivity index (χ3n) is 9.09. The second-order valence-corrected chi connectivity index (χ2v) is 12.8. The van der Waals surface area contributed by atoms with Crippen LogP contribution in [0.15, 0.2) is 48.8 Å². The van der Waals surface area contributed by atoms with Crippen LogP contribution in [0.1, 0.15) is 93.0 Å². The average molecular weight is 544 g/mol. The number of aryl methyl sites for hydroxylation is 2. The third-order valence-corrected chi connectivity index (χ3v) is 9.09. The molecule has 1 aromatic carbocycles. The van der Waals surface area contributed by atoms with Crippen molar-refractivity contribution in [3.8, 4) is 0 Å². The van der Waals surface area contributed by atoms with Gasteiger partial charge >= 0.3 is 6.03 Å². The number of benzene rings is 1. The molecule has 0 radical (unpaired) electrons. The van der Waals surface area contributed by atoms with Crippen molar-refractivity contribution in [1.29, 1.82) is 0 Å². The molecule has 1 unspecified atom stereocenters. The number of nitrogens with zero attached hydrogens (tertiary/aromatic N) is 5. The van der Waals surface area contributed by atoms with Crippen LogP contribution < -0.4 is 0 Å². The van der Waals surface area contributed by atoms with Gasteiger partial charge in [-0.1, -0.05) is 30.3 Å². The third kappa shape index (κ3) is 5.53. The standard InChI is InChI=1S/C33H45N5O2/c1-23-21-30-34-17-20-36(30)25(3)31(23)29(39)14-10-11-24(2)35-18-15-27(16-19-35)38-28(26-12-8-7-9-13-26)22-37(32(38)40)33(4,5)6/h7-9,12-13,17,20-21,24,27-28H,10-11,14-16,18-19,22H2,1-6H3/t24?,28-/m0/s1. The number of hydrogen-bond donors (Lipinski definition) is 0. The van der Waals surface area contributed by atoms with Gasteiger partial charge in [-0.3, -0.25) is 4.79 Å². The molecule has 0 spiro atoms. The number of urea groups is 1. The van der Waals surface area contributed by atoms with Gasteiger partial charge in [-0.15, -0.1) is 0 Å². The van der Waals surface area contributed by atoms with E-state index in [1.54, 1.807) is 6.20 Å². The fraction of sp³-hybridized carbons (Fsp3) is 0.545. The summed E-state index contributed by atoms with van der Waals surface area (Å²) in [6.07, 6.45) is 8.11. The van der Waals surface area contributed by atoms with Crippen LogP contribution in [0.4, 0.5) is 4.79 Å². The van der Waals surface area contributed by atoms with Gasteiger partial charge in [0.1, 0.15) is 5.65 Å². The lowest BCUT2D eigenvalue weighted by molar-refractivity contribution is 0.0873. The number of rotatable bonds is 8. The Bertz CT molecular complexity index is 1350. The Balaban J connectivity index is 1.17. The molecule has 0 aliphatic carbocycles. The molecule has 2 aliphatic rings. The van der Waals surface area contributed by atoms with Gasteiger partial charge in [0.2, 0.25) is 0 Å². The fourth-order valence-corrected chi connectivity index (χ4v) is 6.79. The predicted octanol–water partition coefficient (Wildman–Crippen LogP) is 6.43. The maximum Gasteiger partial charge on any atom is 0.321 e. The minimum absolute atomic E-state index is 0.0985. The van der Waals surface area contributed by atoms with E-state index in [4.69, 9.17) is 0 Å². The molecule has 2 aliphatic heterocycles. The number of Topliss-reactive ketones (excluding diaryl/α,β-unsaturated/α-hetero) is 1. The van der Waals surface area contributed by atoms with Crippen molar-refractivity contribution in [2.45, 2.75) is 97.3 Å². The van der Waals surface area contributed by atoms with Crippen molar-refractivity contribution in [3.63, 3.8) is 0 Å². The molecule has 2 aromatic heterocycles. The number of amides is 2. The number of likely N-dealkylation sites (tertiary alicyclic amines) is 1. The number of pyridine rings is 1. The van der Waals surface area contributed by atoms with E-state index in [2.05, 4.69) is 66.7 Å². The molecule has 0 saturated carbocycles. The highest BCUT2D eigenvalue weighted by molar-refractivity contribution is 5.98. The first-order valence-electron chi connectivity index (χ1n) is 14.9. The second kappa shape index (κ2) is 11.4. The Morgan fingerprint density at radius 1 is 1.10 bits per heavy atom. The highest BCUT2D eigenvalue weighted by atomic mass is 16.2. The number of fused-ring (bicyclic) bond motifs is 1. The van der Waals surface area contributed by atoms with Crippen LogP contribution in [0.2, 0.25) is 0 Å². The van der Waals surface area contributed by atoms with Crippen molar-refractivity contribution in [2.75, 3.05) is 19.6 Å². The van der Waals surface area contributed by atoms with Crippen LogP contribution in [0.3, 0.4) is 0 Å². The van der Waals surface area contributed by atoms with E-state index in [0.29, 0.717) is 12.5 Å². The number of carbonyl (C=O) groups is 2. The van der Waals surface area contributed by atoms with Crippen LogP contribution >= 0.6 is 0 Å². The molecule has 2 amide bonds. The normalized spacial score (nSPS) is 20.1. The largest absolute Gasteiger partial charge is 0.321 e. The van der Waals surface area contributed by atoms with E-state index >= 15 is 0 Å². The van der Waals surface area contributed by atoms with E-state index < -0.39 is 0 Å². The zero-order valence-corrected chi connectivity index (χ0v) is 25.1. The maximum atomic E-state index is 13.7. The minimum atomic E-state index is -0.201. The number of ketones is 1. The summed E-state index contributed by atoms with van der Waals surface area (Å²) in [7, 11) is 0. The van der Waals surface area contributed by atoms with E-state index in [0.717, 1.165) is 67.8 Å². The zero-order chi connectivity index (χ0) is 28.6. The molecular formula is C33H45N5O2. The van der Waals surface area contributed by atoms with E-state index in [9.17, 15) is 9.59 Å². The molecule has 2 atom stereocenters. The molecule has 7 heteroatoms. The van der Waals surface area contributed by atoms with Crippen molar-refractivity contribution >= 4 is 17.5 Å². The summed E-state index contributed by atoms with van der Waals surface area (Å²) in [6.45, 7) is 15.4. The second-order valence-electron chi connectivity index (χ2n) is 12.8. The fourth-order valence-electron chi connectivity index (χ4n) is 6.79. The summed E-state index contributed by atoms with van der Waals surface area (Å²) < 4.78 is 2.00. The van der Waals surface area contributed by atoms with Gasteiger partial charge in [-0.05, 0) is 84.4 Å². The van der Waals surface area contributed by atoms with Crippen LogP contribution in [0, 0.1) is 13.8 Å². The summed E-state index contributed by atoms with van der Waals surface area (Å²) in [5.41, 5.74) is 4.73. The SMILES string of the molecule is Cc1cc2nccn2c(C)c1C(=O)CCCC(C)N1CCC(N2C(=O)N(C(C)(C)C)C[C@H]2c2ccccc2)CC1. The molecule has 2 fully saturated rings. The lowest BCUT2D eigenvalue weighted by atomic mass is 9.96. The van der Waals surface area contributed by atoms with E-state index in [1.165, 1.54) is 5.56 Å². The molecule has 40 heavy (non-hydrogen) atoms. The first-order chi connectivity index (χ1) is 19.1. The molecule has 5 rings (SSSR count). The Kier molecular flexibility index (Phi) is 8.05. The lowest BCUT2D eigenvalue weighted by Gasteiger charge is -2.41. The Labute approximate surface area is 239 Å². The summed E-state index contributed by atoms with van der Waals surface area (Å²) in [4.78, 5) is 38.0. The molecule has 0 N–H and O–H groups in total. The van der Waals surface area contributed by atoms with Gasteiger partial charge in [0, 0.05) is 67.3 Å². The molecule has 2 saturated heterocycles. The monoisotopic (exact) mass is 543 g/mol. The highest BCUT2D eigenvalue weighted by Gasteiger charge is 2.46. The van der Waals surface area contributed by atoms with E-state index in [-0.39, 0.29) is 29.4 Å². The van der Waals surface area contributed by atoms with Crippen LogP contribution in [-0.4, -0.2) is 73.2 Å². The molecule has 7 nitrogen and oxygen atoms in total. The number of hydrogen-bond acceptors (Lipinski definition) is 4. The Hall–Kier alpha value is -3.19. The molecule has 0 bridgehead atoms. The van der Waals surface area contributed by atoms with Gasteiger partial charge in [0.05, 0.1) is 6.04 Å². The van der Waals surface area contributed by atoms with E-state index in [1.807, 2.05) is 41.5 Å². The summed E-state index contributed by atoms with van der Waals surface area (Å²) in [6, 6.07) is 13.4. The van der Waals surface area contributed by atoms with Crippen molar-refractivity contribution in [2.24, 2.45) is 0 Å². The van der Waals surface area contributed by atoms with Crippen LogP contribution in [0.5, 0.6) is 0 Å². The van der Waals surface area contributed by atoms with Crippen molar-refractivity contribution < 1.29 is 9.59 Å². The Morgan fingerprint density at radius 2 is 1.80 bits per heavy atom. The summed E-state index contributed by atoms with van der Waals surface area (Å²) in [5.74, 6) is 0.222. The average Bonchev–Trinajstić information content (AvgIpc) is 3.53. The van der Waals surface area contributed by atoms with Gasteiger partial charge in [0.25, 0.3) is 0 Å². The lowest BCUT2D eigenvalue weighted by Crippen LogP contribution is -2.50. The quantitative estimate of drug-likeness (QED) is 0.307. The molecule has 4 heterocycles. The molecule has 214 valence electrons.